The van der Waals surface area contributed by atoms with Crippen molar-refractivity contribution in [2.45, 2.75) is 6.54 Å². The standard InChI is InChI=1S/C24H18FN3O3/c25-19-11-6-10-18(13-19)22(29)27-28-24-20(14-17-9-4-5-12-21(17)31-24)23(30)26-15-16-7-2-1-3-8-16/h1-14H,15H2,(H,26,30)(H,27,29)/b28-24-. The summed E-state index contributed by atoms with van der Waals surface area (Å²) in [5.41, 5.74) is 3.96. The highest BCUT2D eigenvalue weighted by molar-refractivity contribution is 5.97. The Balaban J connectivity index is 1.65. The highest BCUT2D eigenvalue weighted by Gasteiger charge is 2.13. The molecule has 0 aliphatic heterocycles. The first kappa shape index (κ1) is 20.0. The van der Waals surface area contributed by atoms with Crippen LogP contribution in [0.4, 0.5) is 4.39 Å². The molecule has 0 saturated heterocycles. The molecular formula is C24H18FN3O3. The van der Waals surface area contributed by atoms with Gasteiger partial charge in [0, 0.05) is 17.5 Å². The third kappa shape index (κ3) is 4.84. The van der Waals surface area contributed by atoms with E-state index >= 15 is 0 Å². The average molecular weight is 415 g/mol. The molecule has 1 heterocycles. The minimum absolute atomic E-state index is 0.0611. The summed E-state index contributed by atoms with van der Waals surface area (Å²) in [6.07, 6.45) is 0. The van der Waals surface area contributed by atoms with Crippen LogP contribution in [0.2, 0.25) is 0 Å². The van der Waals surface area contributed by atoms with Crippen molar-refractivity contribution in [1.29, 1.82) is 0 Å². The molecule has 3 aromatic carbocycles. The van der Waals surface area contributed by atoms with E-state index in [9.17, 15) is 14.0 Å². The Morgan fingerprint density at radius 3 is 2.45 bits per heavy atom. The fourth-order valence-corrected chi connectivity index (χ4v) is 2.98. The van der Waals surface area contributed by atoms with Crippen molar-refractivity contribution in [2.24, 2.45) is 5.10 Å². The molecule has 0 saturated carbocycles. The second kappa shape index (κ2) is 9.04. The maximum atomic E-state index is 13.4. The van der Waals surface area contributed by atoms with Crippen LogP contribution in [0.1, 0.15) is 26.3 Å². The summed E-state index contributed by atoms with van der Waals surface area (Å²) in [4.78, 5) is 25.2. The molecule has 154 valence electrons. The smallest absolute Gasteiger partial charge is 0.271 e. The lowest BCUT2D eigenvalue weighted by molar-refractivity contribution is 0.0932. The summed E-state index contributed by atoms with van der Waals surface area (Å²) in [6, 6.07) is 23.5. The van der Waals surface area contributed by atoms with E-state index in [1.165, 1.54) is 18.2 Å². The van der Waals surface area contributed by atoms with Gasteiger partial charge in [-0.05, 0) is 35.9 Å². The summed E-state index contributed by atoms with van der Waals surface area (Å²) in [5.74, 6) is -1.57. The second-order valence-electron chi connectivity index (χ2n) is 6.73. The third-order valence-corrected chi connectivity index (χ3v) is 4.54. The van der Waals surface area contributed by atoms with E-state index < -0.39 is 17.6 Å². The van der Waals surface area contributed by atoms with Crippen LogP contribution in [0.5, 0.6) is 0 Å². The molecule has 0 radical (unpaired) electrons. The number of nitrogens with one attached hydrogen (secondary N) is 2. The number of nitrogens with zero attached hydrogens (tertiary/aromatic N) is 1. The molecule has 31 heavy (non-hydrogen) atoms. The molecule has 0 fully saturated rings. The van der Waals surface area contributed by atoms with Gasteiger partial charge in [-0.3, -0.25) is 9.59 Å². The SMILES string of the molecule is O=C(N/N=c1\oc2ccccc2cc1C(=O)NCc1ccccc1)c1cccc(F)c1. The summed E-state index contributed by atoms with van der Waals surface area (Å²) in [5, 5.41) is 7.53. The number of rotatable bonds is 5. The van der Waals surface area contributed by atoms with Gasteiger partial charge in [-0.1, -0.05) is 54.6 Å². The van der Waals surface area contributed by atoms with Crippen molar-refractivity contribution in [3.8, 4) is 0 Å². The van der Waals surface area contributed by atoms with E-state index in [1.807, 2.05) is 42.5 Å². The van der Waals surface area contributed by atoms with Crippen molar-refractivity contribution in [2.75, 3.05) is 0 Å². The highest BCUT2D eigenvalue weighted by Crippen LogP contribution is 2.13. The topological polar surface area (TPSA) is 83.7 Å². The van der Waals surface area contributed by atoms with Gasteiger partial charge in [-0.2, -0.15) is 0 Å². The van der Waals surface area contributed by atoms with E-state index in [0.29, 0.717) is 17.5 Å². The normalized spacial score (nSPS) is 11.3. The molecule has 2 amide bonds. The molecule has 0 aliphatic carbocycles. The zero-order valence-electron chi connectivity index (χ0n) is 16.3. The monoisotopic (exact) mass is 415 g/mol. The van der Waals surface area contributed by atoms with Crippen LogP contribution >= 0.6 is 0 Å². The number of hydrogen-bond acceptors (Lipinski definition) is 4. The number of amides is 2. The largest absolute Gasteiger partial charge is 0.436 e. The maximum Gasteiger partial charge on any atom is 0.271 e. The second-order valence-corrected chi connectivity index (χ2v) is 6.73. The van der Waals surface area contributed by atoms with Gasteiger partial charge in [0.15, 0.2) is 0 Å². The minimum atomic E-state index is -0.626. The molecule has 4 rings (SSSR count). The molecule has 0 unspecified atom stereocenters. The minimum Gasteiger partial charge on any atom is -0.436 e. The third-order valence-electron chi connectivity index (χ3n) is 4.54. The Morgan fingerprint density at radius 2 is 1.65 bits per heavy atom. The summed E-state index contributed by atoms with van der Waals surface area (Å²) in [6.45, 7) is 0.321. The number of carbonyl (C=O) groups excluding carboxylic acids is 2. The summed E-state index contributed by atoms with van der Waals surface area (Å²) < 4.78 is 19.1. The lowest BCUT2D eigenvalue weighted by Gasteiger charge is -2.07. The molecule has 0 aliphatic rings. The molecule has 0 bridgehead atoms. The maximum absolute atomic E-state index is 13.4. The predicted octanol–water partition coefficient (Wildman–Crippen LogP) is 3.75. The van der Waals surface area contributed by atoms with Crippen molar-refractivity contribution >= 4 is 22.8 Å². The van der Waals surface area contributed by atoms with Crippen molar-refractivity contribution < 1.29 is 18.4 Å². The number of carbonyl (C=O) groups is 2. The predicted molar refractivity (Wildman–Crippen MR) is 113 cm³/mol. The zero-order chi connectivity index (χ0) is 21.6. The van der Waals surface area contributed by atoms with Gasteiger partial charge in [0.2, 0.25) is 5.55 Å². The zero-order valence-corrected chi connectivity index (χ0v) is 16.3. The average Bonchev–Trinajstić information content (AvgIpc) is 2.81. The van der Waals surface area contributed by atoms with Gasteiger partial charge < -0.3 is 9.73 Å². The van der Waals surface area contributed by atoms with Crippen LogP contribution in [0, 0.1) is 5.82 Å². The first-order chi connectivity index (χ1) is 15.1. The van der Waals surface area contributed by atoms with E-state index in [2.05, 4.69) is 15.8 Å². The molecule has 0 atom stereocenters. The first-order valence-electron chi connectivity index (χ1n) is 9.55. The van der Waals surface area contributed by atoms with E-state index in [0.717, 1.165) is 11.6 Å². The van der Waals surface area contributed by atoms with Gasteiger partial charge in [0.25, 0.3) is 11.8 Å². The van der Waals surface area contributed by atoms with Gasteiger partial charge in [-0.25, -0.2) is 9.82 Å². The molecule has 4 aromatic rings. The van der Waals surface area contributed by atoms with Crippen molar-refractivity contribution in [1.82, 2.24) is 10.7 Å². The van der Waals surface area contributed by atoms with Gasteiger partial charge in [0.05, 0.1) is 0 Å². The lowest BCUT2D eigenvalue weighted by atomic mass is 10.1. The number of benzene rings is 3. The Morgan fingerprint density at radius 1 is 0.871 bits per heavy atom. The quantitative estimate of drug-likeness (QED) is 0.487. The van der Waals surface area contributed by atoms with Crippen LogP contribution in [0.25, 0.3) is 11.0 Å². The van der Waals surface area contributed by atoms with Crippen LogP contribution in [-0.2, 0) is 6.54 Å². The molecular weight excluding hydrogens is 397 g/mol. The Kier molecular flexibility index (Phi) is 5.84. The van der Waals surface area contributed by atoms with Crippen molar-refractivity contribution in [3.05, 3.63) is 113 Å². The van der Waals surface area contributed by atoms with Gasteiger partial charge in [0.1, 0.15) is 17.0 Å². The van der Waals surface area contributed by atoms with E-state index in [-0.39, 0.29) is 16.7 Å². The molecule has 1 aromatic heterocycles. The first-order valence-corrected chi connectivity index (χ1v) is 9.55. The lowest BCUT2D eigenvalue weighted by Crippen LogP contribution is -2.30. The summed E-state index contributed by atoms with van der Waals surface area (Å²) >= 11 is 0. The number of hydrogen-bond donors (Lipinski definition) is 2. The fourth-order valence-electron chi connectivity index (χ4n) is 2.98. The van der Waals surface area contributed by atoms with Gasteiger partial charge >= 0.3 is 0 Å². The Labute approximate surface area is 177 Å². The molecule has 2 N–H and O–H groups in total. The molecule has 0 spiro atoms. The Bertz CT molecular complexity index is 1320. The van der Waals surface area contributed by atoms with Crippen LogP contribution in [-0.4, -0.2) is 11.8 Å². The fraction of sp³-hybridized carbons (Fsp3) is 0.0417. The summed E-state index contributed by atoms with van der Waals surface area (Å²) in [7, 11) is 0. The van der Waals surface area contributed by atoms with E-state index in [4.69, 9.17) is 4.42 Å². The molecule has 7 heteroatoms. The number of para-hydroxylation sites is 1. The van der Waals surface area contributed by atoms with Crippen LogP contribution < -0.4 is 16.3 Å². The van der Waals surface area contributed by atoms with Crippen LogP contribution in [0.15, 0.2) is 94.4 Å². The van der Waals surface area contributed by atoms with Crippen molar-refractivity contribution in [3.63, 3.8) is 0 Å². The number of halogens is 1. The Hall–Kier alpha value is -4.26. The van der Waals surface area contributed by atoms with E-state index in [1.54, 1.807) is 18.2 Å². The van der Waals surface area contributed by atoms with Crippen LogP contribution in [0.3, 0.4) is 0 Å². The number of fused-ring (bicyclic) bond motifs is 1. The molecule has 6 nitrogen and oxygen atoms in total. The highest BCUT2D eigenvalue weighted by atomic mass is 19.1. The van der Waals surface area contributed by atoms with Gasteiger partial charge in [-0.15, -0.1) is 5.10 Å².